The van der Waals surface area contributed by atoms with Gasteiger partial charge < -0.3 is 15.0 Å². The molecule has 2 amide bonds. The molecule has 3 rings (SSSR count). The van der Waals surface area contributed by atoms with Crippen molar-refractivity contribution in [3.05, 3.63) is 23.8 Å². The van der Waals surface area contributed by atoms with Gasteiger partial charge in [0.05, 0.1) is 13.7 Å². The number of benzene rings is 1. The number of hydrogen-bond donors (Lipinski definition) is 1. The molecule has 30 heavy (non-hydrogen) atoms. The molecule has 0 unspecified atom stereocenters. The molecule has 0 atom stereocenters. The Labute approximate surface area is 178 Å². The minimum absolute atomic E-state index is 0.0239. The molecule has 0 bridgehead atoms. The Morgan fingerprint density at radius 3 is 2.33 bits per heavy atom. The number of sulfonamides is 1. The van der Waals surface area contributed by atoms with Crippen LogP contribution in [0, 0.1) is 0 Å². The molecule has 9 nitrogen and oxygen atoms in total. The summed E-state index contributed by atoms with van der Waals surface area (Å²) >= 11 is 0. The fraction of sp³-hybridized carbons (Fsp3) is 0.600. The van der Waals surface area contributed by atoms with Crippen molar-refractivity contribution < 1.29 is 22.7 Å². The lowest BCUT2D eigenvalue weighted by molar-refractivity contribution is -0.122. The number of piperazine rings is 1. The maximum Gasteiger partial charge on any atom is 0.253 e. The first-order valence-electron chi connectivity index (χ1n) is 10.3. The molecule has 0 aliphatic carbocycles. The van der Waals surface area contributed by atoms with Crippen molar-refractivity contribution in [3.8, 4) is 5.75 Å². The smallest absolute Gasteiger partial charge is 0.253 e. The lowest BCUT2D eigenvalue weighted by Gasteiger charge is -2.34. The van der Waals surface area contributed by atoms with E-state index in [9.17, 15) is 18.0 Å². The highest BCUT2D eigenvalue weighted by Gasteiger charge is 2.31. The lowest BCUT2D eigenvalue weighted by atomic mass is 10.1. The first-order valence-corrected chi connectivity index (χ1v) is 11.8. The molecule has 0 saturated carbocycles. The number of likely N-dealkylation sites (N-methyl/N-ethyl adjacent to an activating group) is 1. The van der Waals surface area contributed by atoms with Crippen LogP contribution in [0.2, 0.25) is 0 Å². The molecular formula is C20H30N4O5S. The summed E-state index contributed by atoms with van der Waals surface area (Å²) in [4.78, 5) is 28.5. The Kier molecular flexibility index (Phi) is 7.32. The molecule has 10 heteroatoms. The van der Waals surface area contributed by atoms with Gasteiger partial charge in [0.15, 0.2) is 0 Å². The van der Waals surface area contributed by atoms with Crippen molar-refractivity contribution in [1.29, 1.82) is 0 Å². The molecule has 2 saturated heterocycles. The first-order chi connectivity index (χ1) is 14.4. The molecule has 1 aromatic carbocycles. The largest absolute Gasteiger partial charge is 0.495 e. The van der Waals surface area contributed by atoms with Crippen molar-refractivity contribution in [2.24, 2.45) is 0 Å². The van der Waals surface area contributed by atoms with Crippen molar-refractivity contribution in [2.45, 2.75) is 24.7 Å². The second kappa shape index (κ2) is 9.76. The maximum atomic E-state index is 13.0. The molecule has 2 fully saturated rings. The molecule has 0 spiro atoms. The SMILES string of the molecule is CCNC(=O)CN1CCN(C(=O)c2ccc(OC)c(S(=O)(=O)N3CCCC3)c2)CC1. The van der Waals surface area contributed by atoms with E-state index < -0.39 is 10.0 Å². The third kappa shape index (κ3) is 4.93. The number of nitrogens with zero attached hydrogens (tertiary/aromatic N) is 3. The van der Waals surface area contributed by atoms with Crippen LogP contribution in [0.25, 0.3) is 0 Å². The minimum Gasteiger partial charge on any atom is -0.495 e. The first kappa shape index (κ1) is 22.5. The average molecular weight is 439 g/mol. The summed E-state index contributed by atoms with van der Waals surface area (Å²) in [5.41, 5.74) is 0.325. The van der Waals surface area contributed by atoms with Crippen LogP contribution in [0.4, 0.5) is 0 Å². The molecule has 0 radical (unpaired) electrons. The second-order valence-corrected chi connectivity index (χ2v) is 9.41. The molecule has 1 aromatic rings. The van der Waals surface area contributed by atoms with Crippen molar-refractivity contribution in [1.82, 2.24) is 19.4 Å². The van der Waals surface area contributed by atoms with Gasteiger partial charge in [0, 0.05) is 51.4 Å². The number of amides is 2. The summed E-state index contributed by atoms with van der Waals surface area (Å²) in [6, 6.07) is 4.57. The van der Waals surface area contributed by atoms with E-state index in [1.807, 2.05) is 11.8 Å². The monoisotopic (exact) mass is 438 g/mol. The highest BCUT2D eigenvalue weighted by atomic mass is 32.2. The summed E-state index contributed by atoms with van der Waals surface area (Å²) in [5, 5.41) is 2.77. The van der Waals surface area contributed by atoms with Gasteiger partial charge in [-0.3, -0.25) is 14.5 Å². The van der Waals surface area contributed by atoms with Crippen LogP contribution in [0.1, 0.15) is 30.1 Å². The normalized spacial score (nSPS) is 18.4. The quantitative estimate of drug-likeness (QED) is 0.661. The molecule has 2 aliphatic rings. The zero-order chi connectivity index (χ0) is 21.7. The van der Waals surface area contributed by atoms with E-state index in [1.54, 1.807) is 17.0 Å². The van der Waals surface area contributed by atoms with E-state index in [0.717, 1.165) is 12.8 Å². The molecule has 166 valence electrons. The van der Waals surface area contributed by atoms with Gasteiger partial charge in [-0.15, -0.1) is 0 Å². The lowest BCUT2D eigenvalue weighted by Crippen LogP contribution is -2.51. The van der Waals surface area contributed by atoms with Gasteiger partial charge in [-0.2, -0.15) is 4.31 Å². The third-order valence-electron chi connectivity index (χ3n) is 5.49. The fourth-order valence-electron chi connectivity index (χ4n) is 3.83. The number of rotatable bonds is 7. The Morgan fingerprint density at radius 1 is 1.07 bits per heavy atom. The molecule has 2 aliphatic heterocycles. The Morgan fingerprint density at radius 2 is 1.73 bits per heavy atom. The Balaban J connectivity index is 1.72. The highest BCUT2D eigenvalue weighted by molar-refractivity contribution is 7.89. The van der Waals surface area contributed by atoms with Gasteiger partial charge in [0.1, 0.15) is 10.6 Å². The fourth-order valence-corrected chi connectivity index (χ4v) is 5.53. The molecule has 1 N–H and O–H groups in total. The number of hydrogen-bond acceptors (Lipinski definition) is 6. The van der Waals surface area contributed by atoms with Crippen LogP contribution in [-0.4, -0.2) is 93.8 Å². The van der Waals surface area contributed by atoms with Crippen LogP contribution < -0.4 is 10.1 Å². The van der Waals surface area contributed by atoms with Gasteiger partial charge >= 0.3 is 0 Å². The topological polar surface area (TPSA) is 99.3 Å². The van der Waals surface area contributed by atoms with Gasteiger partial charge in [-0.25, -0.2) is 8.42 Å². The average Bonchev–Trinajstić information content (AvgIpc) is 3.29. The van der Waals surface area contributed by atoms with E-state index in [0.29, 0.717) is 57.9 Å². The number of ether oxygens (including phenoxy) is 1. The van der Waals surface area contributed by atoms with Crippen LogP contribution in [0.3, 0.4) is 0 Å². The number of methoxy groups -OCH3 is 1. The summed E-state index contributed by atoms with van der Waals surface area (Å²) in [5.74, 6) is 0.00239. The number of carbonyl (C=O) groups excluding carboxylic acids is 2. The predicted molar refractivity (Wildman–Crippen MR) is 112 cm³/mol. The van der Waals surface area contributed by atoms with Crippen molar-refractivity contribution >= 4 is 21.8 Å². The van der Waals surface area contributed by atoms with Crippen molar-refractivity contribution in [3.63, 3.8) is 0 Å². The standard InChI is InChI=1S/C20H30N4O5S/c1-3-21-19(25)15-22-10-12-23(13-11-22)20(26)16-6-7-17(29-2)18(14-16)30(27,28)24-8-4-5-9-24/h6-7,14H,3-5,8-13,15H2,1-2H3,(H,21,25). The minimum atomic E-state index is -3.71. The molecular weight excluding hydrogens is 408 g/mol. The van der Waals surface area contributed by atoms with E-state index in [1.165, 1.54) is 17.5 Å². The van der Waals surface area contributed by atoms with E-state index in [4.69, 9.17) is 4.74 Å². The van der Waals surface area contributed by atoms with Gasteiger partial charge in [-0.1, -0.05) is 0 Å². The van der Waals surface area contributed by atoms with E-state index in [-0.39, 0.29) is 22.5 Å². The van der Waals surface area contributed by atoms with E-state index in [2.05, 4.69) is 5.32 Å². The summed E-state index contributed by atoms with van der Waals surface area (Å²) < 4.78 is 32.8. The van der Waals surface area contributed by atoms with Gasteiger partial charge in [-0.05, 0) is 38.0 Å². The van der Waals surface area contributed by atoms with Crippen LogP contribution >= 0.6 is 0 Å². The zero-order valence-electron chi connectivity index (χ0n) is 17.6. The molecule has 0 aromatic heterocycles. The summed E-state index contributed by atoms with van der Waals surface area (Å²) in [6.45, 7) is 5.91. The predicted octanol–water partition coefficient (Wildman–Crippen LogP) is 0.374. The summed E-state index contributed by atoms with van der Waals surface area (Å²) in [6.07, 6.45) is 1.67. The highest BCUT2D eigenvalue weighted by Crippen LogP contribution is 2.30. The van der Waals surface area contributed by atoms with E-state index >= 15 is 0 Å². The Hall–Kier alpha value is -2.17. The second-order valence-electron chi connectivity index (χ2n) is 7.50. The van der Waals surface area contributed by atoms with Gasteiger partial charge in [0.25, 0.3) is 5.91 Å². The van der Waals surface area contributed by atoms with Gasteiger partial charge in [0.2, 0.25) is 15.9 Å². The number of nitrogens with one attached hydrogen (secondary N) is 1. The summed E-state index contributed by atoms with van der Waals surface area (Å²) in [7, 11) is -2.29. The molecule has 2 heterocycles. The maximum absolute atomic E-state index is 13.0. The van der Waals surface area contributed by atoms with Crippen LogP contribution in [0.5, 0.6) is 5.75 Å². The Bertz CT molecular complexity index is 875. The van der Waals surface area contributed by atoms with Crippen LogP contribution in [-0.2, 0) is 14.8 Å². The van der Waals surface area contributed by atoms with Crippen LogP contribution in [0.15, 0.2) is 23.1 Å². The van der Waals surface area contributed by atoms with Crippen molar-refractivity contribution in [2.75, 3.05) is 59.5 Å². The number of carbonyl (C=O) groups is 2. The third-order valence-corrected chi connectivity index (χ3v) is 7.41. The zero-order valence-corrected chi connectivity index (χ0v) is 18.4.